The molecule has 4 aromatic rings. The summed E-state index contributed by atoms with van der Waals surface area (Å²) in [5.74, 6) is -2.38. The van der Waals surface area contributed by atoms with E-state index in [4.69, 9.17) is 4.74 Å². The number of esters is 1. The number of benzene rings is 3. The Labute approximate surface area is 237 Å². The van der Waals surface area contributed by atoms with Crippen molar-refractivity contribution in [2.75, 3.05) is 0 Å². The molecule has 39 heavy (non-hydrogen) atoms. The Balaban J connectivity index is 1.41. The lowest BCUT2D eigenvalue weighted by molar-refractivity contribution is -0.160. The summed E-state index contributed by atoms with van der Waals surface area (Å²) < 4.78 is 7.78. The number of aliphatic hydroxyl groups is 2. The second-order valence-corrected chi connectivity index (χ2v) is 12.6. The molecule has 1 aromatic heterocycles. The number of thiazole rings is 1. The zero-order chi connectivity index (χ0) is 27.5. The first-order valence-electron chi connectivity index (χ1n) is 12.3. The summed E-state index contributed by atoms with van der Waals surface area (Å²) in [5, 5.41) is 20.4. The van der Waals surface area contributed by atoms with Crippen LogP contribution < -0.4 is 0 Å². The van der Waals surface area contributed by atoms with Crippen molar-refractivity contribution in [1.82, 2.24) is 9.88 Å². The molecule has 0 bridgehead atoms. The molecule has 3 aromatic carbocycles. The molecule has 0 aliphatic carbocycles. The van der Waals surface area contributed by atoms with Gasteiger partial charge in [0.1, 0.15) is 11.1 Å². The van der Waals surface area contributed by atoms with E-state index in [1.54, 1.807) is 6.92 Å². The Morgan fingerprint density at radius 1 is 1.00 bits per heavy atom. The highest BCUT2D eigenvalue weighted by Crippen LogP contribution is 2.49. The first kappa shape index (κ1) is 27.3. The molecule has 1 saturated heterocycles. The summed E-state index contributed by atoms with van der Waals surface area (Å²) in [6, 6.07) is 26.4. The second kappa shape index (κ2) is 11.8. The van der Waals surface area contributed by atoms with Crippen molar-refractivity contribution >= 4 is 55.0 Å². The Kier molecular flexibility index (Phi) is 8.27. The van der Waals surface area contributed by atoms with Gasteiger partial charge >= 0.3 is 5.97 Å². The van der Waals surface area contributed by atoms with Crippen molar-refractivity contribution in [3.8, 4) is 0 Å². The summed E-state index contributed by atoms with van der Waals surface area (Å²) in [4.78, 5) is 32.7. The fourth-order valence-corrected chi connectivity index (χ4v) is 8.53. The number of nitrogens with zero attached hydrogens (tertiary/aromatic N) is 2. The van der Waals surface area contributed by atoms with Gasteiger partial charge < -0.3 is 14.9 Å². The SMILES string of the molecule is C/C(O)=C(/C(=O)OC(c1ccccc1)c1ccccc1)N1C(=O)C([C@H](C)O)C1SSc1nc2ccccc2s1. The smallest absolute Gasteiger partial charge is 0.359 e. The molecule has 200 valence electrons. The van der Waals surface area contributed by atoms with Gasteiger partial charge in [0.05, 0.1) is 22.2 Å². The summed E-state index contributed by atoms with van der Waals surface area (Å²) in [5.41, 5.74) is 2.14. The lowest BCUT2D eigenvalue weighted by Gasteiger charge is -2.47. The van der Waals surface area contributed by atoms with E-state index in [0.29, 0.717) is 0 Å². The molecule has 10 heteroatoms. The molecule has 1 aliphatic heterocycles. The molecule has 0 saturated carbocycles. The van der Waals surface area contributed by atoms with Crippen molar-refractivity contribution in [1.29, 1.82) is 0 Å². The monoisotopic (exact) mass is 578 g/mol. The van der Waals surface area contributed by atoms with E-state index in [-0.39, 0.29) is 11.5 Å². The van der Waals surface area contributed by atoms with Gasteiger partial charge in [-0.1, -0.05) is 83.6 Å². The molecule has 1 aliphatic rings. The normalized spacial score (nSPS) is 18.6. The van der Waals surface area contributed by atoms with Gasteiger partial charge in [0, 0.05) is 0 Å². The fourth-order valence-electron chi connectivity index (χ4n) is 4.42. The van der Waals surface area contributed by atoms with Gasteiger partial charge in [0.15, 0.2) is 16.1 Å². The van der Waals surface area contributed by atoms with E-state index in [2.05, 4.69) is 4.98 Å². The van der Waals surface area contributed by atoms with Gasteiger partial charge in [0.2, 0.25) is 5.91 Å². The van der Waals surface area contributed by atoms with Gasteiger partial charge in [-0.2, -0.15) is 0 Å². The Hall–Kier alpha value is -3.31. The van der Waals surface area contributed by atoms with E-state index in [0.717, 1.165) is 25.7 Å². The number of hydrogen-bond donors (Lipinski definition) is 2. The number of ether oxygens (including phenoxy) is 1. The average molecular weight is 579 g/mol. The number of allylic oxidation sites excluding steroid dienone is 1. The fraction of sp³-hybridized carbons (Fsp3) is 0.207. The summed E-state index contributed by atoms with van der Waals surface area (Å²) in [6.45, 7) is 2.90. The predicted molar refractivity (Wildman–Crippen MR) is 155 cm³/mol. The number of carbonyl (C=O) groups excluding carboxylic acids is 2. The molecule has 2 N–H and O–H groups in total. The largest absolute Gasteiger partial charge is 0.510 e. The Morgan fingerprint density at radius 3 is 2.15 bits per heavy atom. The standard InChI is InChI=1S/C29H26N2O5S3/c1-17(32)23-26(34)31(27(23)38-39-29-30-21-15-9-10-16-22(21)37-29)24(18(2)33)28(35)36-25(19-11-5-3-6-12-19)20-13-7-4-8-14-20/h3-17,23,25,27,32-33H,1-2H3/b24-18+/t17-,23?,27?/m0/s1. The molecule has 7 nitrogen and oxygen atoms in total. The zero-order valence-corrected chi connectivity index (χ0v) is 23.6. The van der Waals surface area contributed by atoms with Crippen molar-refractivity contribution in [3.63, 3.8) is 0 Å². The van der Waals surface area contributed by atoms with Gasteiger partial charge in [0.25, 0.3) is 0 Å². The van der Waals surface area contributed by atoms with E-state index < -0.39 is 35.4 Å². The topological polar surface area (TPSA) is 100.0 Å². The second-order valence-electron chi connectivity index (χ2n) is 9.03. The van der Waals surface area contributed by atoms with E-state index in [1.807, 2.05) is 84.9 Å². The van der Waals surface area contributed by atoms with Gasteiger partial charge in [-0.05, 0) is 47.9 Å². The molecule has 2 unspecified atom stereocenters. The van der Waals surface area contributed by atoms with Crippen molar-refractivity contribution in [2.24, 2.45) is 5.92 Å². The molecule has 2 heterocycles. The molecule has 3 atom stereocenters. The van der Waals surface area contributed by atoms with Crippen molar-refractivity contribution in [2.45, 2.75) is 35.8 Å². The number of carbonyl (C=O) groups is 2. The van der Waals surface area contributed by atoms with E-state index in [9.17, 15) is 19.8 Å². The minimum Gasteiger partial charge on any atom is -0.510 e. The quantitative estimate of drug-likeness (QED) is 0.0782. The first-order chi connectivity index (χ1) is 18.8. The number of hydrogen-bond acceptors (Lipinski definition) is 9. The third-order valence-electron chi connectivity index (χ3n) is 6.30. The van der Waals surface area contributed by atoms with Crippen LogP contribution in [0.3, 0.4) is 0 Å². The predicted octanol–water partition coefficient (Wildman–Crippen LogP) is 6.32. The summed E-state index contributed by atoms with van der Waals surface area (Å²) in [6.07, 6.45) is -1.69. The van der Waals surface area contributed by atoms with E-state index in [1.165, 1.54) is 44.7 Å². The highest BCUT2D eigenvalue weighted by molar-refractivity contribution is 8.77. The molecule has 0 spiro atoms. The van der Waals surface area contributed by atoms with Crippen LogP contribution >= 0.6 is 32.9 Å². The van der Waals surface area contributed by atoms with E-state index >= 15 is 0 Å². The molecule has 1 fully saturated rings. The maximum absolute atomic E-state index is 13.6. The molecular formula is C29H26N2O5S3. The number of rotatable bonds is 9. The van der Waals surface area contributed by atoms with Crippen LogP contribution in [-0.2, 0) is 14.3 Å². The molecular weight excluding hydrogens is 553 g/mol. The maximum Gasteiger partial charge on any atom is 0.359 e. The number of β-lactam (4-membered cyclic amide) rings is 1. The highest BCUT2D eigenvalue weighted by atomic mass is 33.1. The Morgan fingerprint density at radius 2 is 1.59 bits per heavy atom. The Bertz CT molecular complexity index is 1430. The molecule has 1 amide bonds. The van der Waals surface area contributed by atoms with Crippen LogP contribution in [0.25, 0.3) is 10.2 Å². The van der Waals surface area contributed by atoms with Crippen molar-refractivity contribution in [3.05, 3.63) is 108 Å². The summed E-state index contributed by atoms with van der Waals surface area (Å²) >= 11 is 1.52. The maximum atomic E-state index is 13.6. The number of para-hydroxylation sites is 1. The van der Waals surface area contributed by atoms with Crippen LogP contribution in [0.15, 0.2) is 101 Å². The van der Waals surface area contributed by atoms with Crippen LogP contribution in [0.5, 0.6) is 0 Å². The minimum atomic E-state index is -0.945. The number of amides is 1. The average Bonchev–Trinajstić information content (AvgIpc) is 3.35. The van der Waals surface area contributed by atoms with Gasteiger partial charge in [-0.15, -0.1) is 11.3 Å². The van der Waals surface area contributed by atoms with Crippen molar-refractivity contribution < 1.29 is 24.5 Å². The van der Waals surface area contributed by atoms with Gasteiger partial charge in [-0.25, -0.2) is 9.78 Å². The lowest BCUT2D eigenvalue weighted by Crippen LogP contribution is -2.62. The third kappa shape index (κ3) is 5.69. The third-order valence-corrected chi connectivity index (χ3v) is 10.3. The lowest BCUT2D eigenvalue weighted by atomic mass is 9.92. The number of aliphatic hydroxyl groups excluding tert-OH is 2. The molecule has 0 radical (unpaired) electrons. The first-order valence-corrected chi connectivity index (χ1v) is 15.3. The van der Waals surface area contributed by atoms with Crippen LogP contribution in [-0.4, -0.2) is 43.5 Å². The summed E-state index contributed by atoms with van der Waals surface area (Å²) in [7, 11) is 2.68. The number of likely N-dealkylation sites (tertiary alicyclic amines) is 1. The number of aromatic nitrogens is 1. The van der Waals surface area contributed by atoms with Crippen LogP contribution in [0.4, 0.5) is 0 Å². The zero-order valence-electron chi connectivity index (χ0n) is 21.1. The van der Waals surface area contributed by atoms with Crippen LogP contribution in [0, 0.1) is 5.92 Å². The minimum absolute atomic E-state index is 0.240. The van der Waals surface area contributed by atoms with Crippen LogP contribution in [0.2, 0.25) is 0 Å². The highest BCUT2D eigenvalue weighted by Gasteiger charge is 2.54. The van der Waals surface area contributed by atoms with Gasteiger partial charge in [-0.3, -0.25) is 9.69 Å². The molecule has 5 rings (SSSR count). The number of fused-ring (bicyclic) bond motifs is 1. The van der Waals surface area contributed by atoms with Crippen LogP contribution in [0.1, 0.15) is 31.1 Å².